The fourth-order valence-corrected chi connectivity index (χ4v) is 2.68. The Morgan fingerprint density at radius 1 is 0.833 bits per heavy atom. The largest absolute Gasteiger partial charge is 0.481 e. The minimum Gasteiger partial charge on any atom is -0.481 e. The highest BCUT2D eigenvalue weighted by Crippen LogP contribution is 2.05. The van der Waals surface area contributed by atoms with Crippen LogP contribution >= 0.6 is 11.8 Å². The summed E-state index contributed by atoms with van der Waals surface area (Å²) in [5.74, 6) is -6.29. The van der Waals surface area contributed by atoms with E-state index in [4.69, 9.17) is 21.1 Å². The lowest BCUT2D eigenvalue weighted by Gasteiger charge is -2.23. The van der Waals surface area contributed by atoms with E-state index in [2.05, 4.69) is 16.0 Å². The smallest absolute Gasteiger partial charge is 0.326 e. The fraction of sp³-hybridized carbons (Fsp3) is 0.625. The van der Waals surface area contributed by atoms with E-state index in [1.807, 2.05) is 0 Å². The molecule has 0 bridgehead atoms. The van der Waals surface area contributed by atoms with E-state index in [0.29, 0.717) is 5.75 Å². The maximum atomic E-state index is 12.5. The van der Waals surface area contributed by atoms with Crippen LogP contribution in [0.3, 0.4) is 0 Å². The van der Waals surface area contributed by atoms with Crippen molar-refractivity contribution in [2.75, 3.05) is 18.6 Å². The molecule has 0 fully saturated rings. The number of thioether (sulfide) groups is 1. The summed E-state index contributed by atoms with van der Waals surface area (Å²) in [5.41, 5.74) is 5.14. The molecule has 170 valence electrons. The van der Waals surface area contributed by atoms with Crippen molar-refractivity contribution < 1.29 is 44.1 Å². The molecular weight excluding hydrogens is 424 g/mol. The van der Waals surface area contributed by atoms with Crippen molar-refractivity contribution in [1.82, 2.24) is 16.0 Å². The number of hydrogen-bond donors (Lipinski definition) is 7. The number of carbonyl (C=O) groups excluding carboxylic acids is 3. The van der Waals surface area contributed by atoms with E-state index in [-0.39, 0.29) is 12.8 Å². The molecule has 0 aliphatic carbocycles. The van der Waals surface area contributed by atoms with Gasteiger partial charge in [-0.15, -0.1) is 0 Å². The SMILES string of the molecule is CSCCC(NC(=O)C(CC(=O)O)NC(=O)CN)C(=O)NC(CCC(=O)O)C(=O)O. The Balaban J connectivity index is 5.33. The van der Waals surface area contributed by atoms with E-state index in [1.165, 1.54) is 11.8 Å². The number of carboxylic acid groups (broad SMARTS) is 3. The zero-order chi connectivity index (χ0) is 23.3. The van der Waals surface area contributed by atoms with Crippen LogP contribution in [0.15, 0.2) is 0 Å². The monoisotopic (exact) mass is 450 g/mol. The summed E-state index contributed by atoms with van der Waals surface area (Å²) in [6, 6.07) is -4.22. The zero-order valence-electron chi connectivity index (χ0n) is 16.3. The van der Waals surface area contributed by atoms with Gasteiger partial charge in [-0.25, -0.2) is 4.79 Å². The number of carboxylic acids is 3. The van der Waals surface area contributed by atoms with E-state index in [0.717, 1.165) is 0 Å². The molecule has 0 aromatic rings. The van der Waals surface area contributed by atoms with Crippen LogP contribution in [0.25, 0.3) is 0 Å². The minimum absolute atomic E-state index is 0.0780. The molecule has 0 radical (unpaired) electrons. The van der Waals surface area contributed by atoms with Gasteiger partial charge in [-0.1, -0.05) is 0 Å². The molecule has 30 heavy (non-hydrogen) atoms. The van der Waals surface area contributed by atoms with Gasteiger partial charge < -0.3 is 37.0 Å². The number of nitrogens with two attached hydrogens (primary N) is 1. The summed E-state index contributed by atoms with van der Waals surface area (Å²) < 4.78 is 0. The van der Waals surface area contributed by atoms with E-state index < -0.39 is 73.1 Å². The molecule has 3 amide bonds. The lowest BCUT2D eigenvalue weighted by Crippen LogP contribution is -2.56. The maximum absolute atomic E-state index is 12.5. The number of carbonyl (C=O) groups is 6. The molecule has 8 N–H and O–H groups in total. The van der Waals surface area contributed by atoms with Gasteiger partial charge in [0, 0.05) is 6.42 Å². The molecule has 0 heterocycles. The minimum atomic E-state index is -1.49. The lowest BCUT2D eigenvalue weighted by atomic mass is 10.1. The third-order valence-corrected chi connectivity index (χ3v) is 4.36. The highest BCUT2D eigenvalue weighted by atomic mass is 32.2. The van der Waals surface area contributed by atoms with Gasteiger partial charge in [0.25, 0.3) is 0 Å². The molecular formula is C16H26N4O9S. The van der Waals surface area contributed by atoms with Gasteiger partial charge in [0.05, 0.1) is 13.0 Å². The first-order chi connectivity index (χ1) is 14.0. The Labute approximate surface area is 176 Å². The van der Waals surface area contributed by atoms with Crippen molar-refractivity contribution in [1.29, 1.82) is 0 Å². The molecule has 3 unspecified atom stereocenters. The normalized spacial score (nSPS) is 13.4. The first-order valence-corrected chi connectivity index (χ1v) is 10.2. The number of aliphatic carboxylic acids is 3. The summed E-state index contributed by atoms with van der Waals surface area (Å²) >= 11 is 1.34. The summed E-state index contributed by atoms with van der Waals surface area (Å²) in [6.07, 6.45) is 0.191. The van der Waals surface area contributed by atoms with Gasteiger partial charge in [-0.2, -0.15) is 11.8 Å². The van der Waals surface area contributed by atoms with Gasteiger partial charge in [0.1, 0.15) is 18.1 Å². The average molecular weight is 450 g/mol. The van der Waals surface area contributed by atoms with E-state index >= 15 is 0 Å². The fourth-order valence-electron chi connectivity index (χ4n) is 2.21. The average Bonchev–Trinajstić information content (AvgIpc) is 2.66. The molecule has 0 saturated heterocycles. The van der Waals surface area contributed by atoms with Crippen LogP contribution in [0.1, 0.15) is 25.7 Å². The maximum Gasteiger partial charge on any atom is 0.326 e. The highest BCUT2D eigenvalue weighted by molar-refractivity contribution is 7.98. The van der Waals surface area contributed by atoms with Crippen LogP contribution in [0.5, 0.6) is 0 Å². The number of amides is 3. The molecule has 0 aromatic heterocycles. The number of hydrogen-bond acceptors (Lipinski definition) is 8. The van der Waals surface area contributed by atoms with Gasteiger partial charge in [0.15, 0.2) is 0 Å². The number of nitrogens with one attached hydrogen (secondary N) is 3. The Morgan fingerprint density at radius 3 is 1.87 bits per heavy atom. The molecule has 0 aliphatic rings. The third kappa shape index (κ3) is 11.2. The van der Waals surface area contributed by atoms with Crippen molar-refractivity contribution in [2.45, 2.75) is 43.8 Å². The quantitative estimate of drug-likeness (QED) is 0.139. The van der Waals surface area contributed by atoms with Crippen LogP contribution in [0.4, 0.5) is 0 Å². The highest BCUT2D eigenvalue weighted by Gasteiger charge is 2.30. The van der Waals surface area contributed by atoms with Crippen molar-refractivity contribution in [3.63, 3.8) is 0 Å². The summed E-state index contributed by atoms with van der Waals surface area (Å²) in [5, 5.41) is 33.4. The van der Waals surface area contributed by atoms with Crippen LogP contribution in [0, 0.1) is 0 Å². The zero-order valence-corrected chi connectivity index (χ0v) is 17.1. The standard InChI is InChI=1S/C16H26N4O9S/c1-30-5-4-8(14(26)20-9(16(28)29)2-3-12(22)23)19-15(27)10(6-13(24)25)18-11(21)7-17/h8-10H,2-7,17H2,1H3,(H,18,21)(H,19,27)(H,20,26)(H,22,23)(H,24,25)(H,28,29). The van der Waals surface area contributed by atoms with Crippen LogP contribution < -0.4 is 21.7 Å². The molecule has 0 spiro atoms. The molecule has 13 nitrogen and oxygen atoms in total. The predicted octanol–water partition coefficient (Wildman–Crippen LogP) is -2.42. The van der Waals surface area contributed by atoms with Gasteiger partial charge in [0.2, 0.25) is 17.7 Å². The molecule has 0 aliphatic heterocycles. The topological polar surface area (TPSA) is 225 Å². The van der Waals surface area contributed by atoms with Crippen molar-refractivity contribution in [3.05, 3.63) is 0 Å². The van der Waals surface area contributed by atoms with Gasteiger partial charge in [-0.05, 0) is 24.9 Å². The van der Waals surface area contributed by atoms with Gasteiger partial charge >= 0.3 is 17.9 Å². The van der Waals surface area contributed by atoms with Crippen molar-refractivity contribution in [3.8, 4) is 0 Å². The molecule has 3 atom stereocenters. The van der Waals surface area contributed by atoms with Gasteiger partial charge in [-0.3, -0.25) is 24.0 Å². The van der Waals surface area contributed by atoms with Crippen molar-refractivity contribution in [2.24, 2.45) is 5.73 Å². The summed E-state index contributed by atoms with van der Waals surface area (Å²) in [7, 11) is 0. The summed E-state index contributed by atoms with van der Waals surface area (Å²) in [4.78, 5) is 69.3. The van der Waals surface area contributed by atoms with Crippen LogP contribution in [-0.4, -0.2) is 87.6 Å². The second-order valence-electron chi connectivity index (χ2n) is 6.10. The first kappa shape index (κ1) is 27.1. The van der Waals surface area contributed by atoms with E-state index in [1.54, 1.807) is 6.26 Å². The lowest BCUT2D eigenvalue weighted by molar-refractivity contribution is -0.144. The predicted molar refractivity (Wildman–Crippen MR) is 105 cm³/mol. The summed E-state index contributed by atoms with van der Waals surface area (Å²) in [6.45, 7) is -0.482. The first-order valence-electron chi connectivity index (χ1n) is 8.77. The Kier molecular flexibility index (Phi) is 12.8. The molecule has 14 heteroatoms. The number of rotatable bonds is 15. The van der Waals surface area contributed by atoms with Crippen LogP contribution in [-0.2, 0) is 28.8 Å². The Morgan fingerprint density at radius 2 is 1.40 bits per heavy atom. The second-order valence-corrected chi connectivity index (χ2v) is 7.08. The molecule has 0 rings (SSSR count). The van der Waals surface area contributed by atoms with Crippen LogP contribution in [0.2, 0.25) is 0 Å². The van der Waals surface area contributed by atoms with Crippen molar-refractivity contribution >= 4 is 47.4 Å². The Bertz CT molecular complexity index is 659. The molecule has 0 aromatic carbocycles. The second kappa shape index (κ2) is 14.2. The van der Waals surface area contributed by atoms with E-state index in [9.17, 15) is 28.8 Å². The Hall–Kier alpha value is -2.87. The third-order valence-electron chi connectivity index (χ3n) is 3.72. The molecule has 0 saturated carbocycles.